The van der Waals surface area contributed by atoms with Crippen molar-refractivity contribution in [3.8, 4) is 6.07 Å². The molecule has 0 aliphatic carbocycles. The molecule has 0 atom stereocenters. The molecule has 0 fully saturated rings. The second-order valence-electron chi connectivity index (χ2n) is 2.11. The van der Waals surface area contributed by atoms with Gasteiger partial charge in [0.15, 0.2) is 0 Å². The van der Waals surface area contributed by atoms with Crippen molar-refractivity contribution >= 4 is 27.5 Å². The number of hydrogen-bond donors (Lipinski definition) is 0. The zero-order chi connectivity index (χ0) is 10.0. The van der Waals surface area contributed by atoms with Crippen molar-refractivity contribution in [1.29, 1.82) is 5.26 Å². The molecule has 0 bridgehead atoms. The predicted octanol–water partition coefficient (Wildman–Crippen LogP) is 3.31. The highest BCUT2D eigenvalue weighted by Gasteiger charge is 2.17. The first kappa shape index (κ1) is 10.4. The zero-order valence-corrected chi connectivity index (χ0v) is 8.40. The third-order valence-electron chi connectivity index (χ3n) is 1.32. The third kappa shape index (κ3) is 2.14. The van der Waals surface area contributed by atoms with Crippen LogP contribution in [-0.4, -0.2) is 4.98 Å². The van der Waals surface area contributed by atoms with Crippen LogP contribution in [0.25, 0.3) is 0 Å². The van der Waals surface area contributed by atoms with E-state index in [9.17, 15) is 8.78 Å². The lowest BCUT2D eigenvalue weighted by atomic mass is 10.2. The van der Waals surface area contributed by atoms with Crippen molar-refractivity contribution in [1.82, 2.24) is 4.98 Å². The van der Waals surface area contributed by atoms with Crippen LogP contribution in [0.3, 0.4) is 0 Å². The first-order valence-electron chi connectivity index (χ1n) is 3.10. The van der Waals surface area contributed by atoms with E-state index < -0.39 is 12.0 Å². The van der Waals surface area contributed by atoms with Gasteiger partial charge in [0.2, 0.25) is 0 Å². The Labute approximate surface area is 86.3 Å². The second kappa shape index (κ2) is 3.99. The van der Waals surface area contributed by atoms with Crippen molar-refractivity contribution in [3.05, 3.63) is 26.9 Å². The summed E-state index contributed by atoms with van der Waals surface area (Å²) in [5, 5.41) is 8.47. The summed E-state index contributed by atoms with van der Waals surface area (Å²) in [6.07, 6.45) is -2.73. The van der Waals surface area contributed by atoms with E-state index in [0.29, 0.717) is 0 Å². The highest BCUT2D eigenvalue weighted by Crippen LogP contribution is 2.28. The molecule has 0 aliphatic heterocycles. The Morgan fingerprint density at radius 1 is 1.62 bits per heavy atom. The summed E-state index contributed by atoms with van der Waals surface area (Å²) in [6.45, 7) is 0. The molecule has 0 spiro atoms. The summed E-state index contributed by atoms with van der Waals surface area (Å²) in [5.41, 5.74) is -0.589. The second-order valence-corrected chi connectivity index (χ2v) is 3.25. The molecule has 0 N–H and O–H groups in total. The Kier molecular flexibility index (Phi) is 3.17. The monoisotopic (exact) mass is 266 g/mol. The van der Waals surface area contributed by atoms with Crippen LogP contribution in [0.1, 0.15) is 17.6 Å². The average Bonchev–Trinajstić information content (AvgIpc) is 2.02. The van der Waals surface area contributed by atoms with Gasteiger partial charge in [-0.05, 0) is 22.0 Å². The van der Waals surface area contributed by atoms with Crippen LogP contribution in [0, 0.1) is 11.3 Å². The van der Waals surface area contributed by atoms with Gasteiger partial charge in [-0.2, -0.15) is 5.26 Å². The number of nitrogens with zero attached hydrogens (tertiary/aromatic N) is 2. The lowest BCUT2D eigenvalue weighted by molar-refractivity contribution is 0.151. The summed E-state index contributed by atoms with van der Waals surface area (Å²) < 4.78 is 24.7. The molecular weight excluding hydrogens is 265 g/mol. The molecule has 0 radical (unpaired) electrons. The topological polar surface area (TPSA) is 36.7 Å². The molecule has 1 rings (SSSR count). The first-order valence-corrected chi connectivity index (χ1v) is 4.27. The summed E-state index contributed by atoms with van der Waals surface area (Å²) in [4.78, 5) is 3.61. The molecule has 68 valence electrons. The number of rotatable bonds is 1. The first-order chi connectivity index (χ1) is 6.06. The van der Waals surface area contributed by atoms with E-state index in [1.807, 2.05) is 0 Å². The van der Waals surface area contributed by atoms with Crippen LogP contribution in [0.5, 0.6) is 0 Å². The fraction of sp³-hybridized carbons (Fsp3) is 0.143. The number of hydrogen-bond acceptors (Lipinski definition) is 2. The molecule has 1 aromatic heterocycles. The van der Waals surface area contributed by atoms with E-state index in [1.54, 1.807) is 6.07 Å². The van der Waals surface area contributed by atoms with Crippen molar-refractivity contribution in [2.75, 3.05) is 0 Å². The van der Waals surface area contributed by atoms with Gasteiger partial charge in [0.05, 0.1) is 5.56 Å². The van der Waals surface area contributed by atoms with Crippen molar-refractivity contribution in [2.45, 2.75) is 6.43 Å². The van der Waals surface area contributed by atoms with E-state index in [1.165, 1.54) is 0 Å². The molecule has 0 aromatic carbocycles. The summed E-state index contributed by atoms with van der Waals surface area (Å²) >= 11 is 8.31. The molecule has 6 heteroatoms. The lowest BCUT2D eigenvalue weighted by Gasteiger charge is -2.03. The third-order valence-corrected chi connectivity index (χ3v) is 2.09. The predicted molar refractivity (Wildman–Crippen MR) is 46.6 cm³/mol. The van der Waals surface area contributed by atoms with Gasteiger partial charge in [-0.15, -0.1) is 0 Å². The standard InChI is InChI=1S/C7H2BrClF2N2/c8-6-4(2-12)3(7(10)11)1-5(9)13-6/h1,7H. The molecule has 0 unspecified atom stereocenters. The largest absolute Gasteiger partial charge is 0.265 e. The number of nitriles is 1. The van der Waals surface area contributed by atoms with Crippen molar-refractivity contribution in [2.24, 2.45) is 0 Å². The molecule has 2 nitrogen and oxygen atoms in total. The molecule has 1 aromatic rings. The van der Waals surface area contributed by atoms with Gasteiger partial charge in [0.25, 0.3) is 6.43 Å². The molecule has 0 aliphatic rings. The van der Waals surface area contributed by atoms with Crippen LogP contribution in [-0.2, 0) is 0 Å². The van der Waals surface area contributed by atoms with Crippen molar-refractivity contribution < 1.29 is 8.78 Å². The van der Waals surface area contributed by atoms with E-state index in [2.05, 4.69) is 20.9 Å². The number of halogens is 4. The van der Waals surface area contributed by atoms with Gasteiger partial charge in [0.1, 0.15) is 15.8 Å². The highest BCUT2D eigenvalue weighted by atomic mass is 79.9. The van der Waals surface area contributed by atoms with Gasteiger partial charge in [-0.25, -0.2) is 13.8 Å². The van der Waals surface area contributed by atoms with Crippen LogP contribution < -0.4 is 0 Å². The minimum Gasteiger partial charge on any atom is -0.228 e. The van der Waals surface area contributed by atoms with Gasteiger partial charge in [-0.3, -0.25) is 0 Å². The normalized spacial score (nSPS) is 10.2. The van der Waals surface area contributed by atoms with Gasteiger partial charge in [0, 0.05) is 5.56 Å². The average molecular weight is 267 g/mol. The summed E-state index contributed by atoms with van der Waals surface area (Å²) in [5.74, 6) is 0. The maximum Gasteiger partial charge on any atom is 0.265 e. The van der Waals surface area contributed by atoms with Gasteiger partial charge >= 0.3 is 0 Å². The van der Waals surface area contributed by atoms with Crippen LogP contribution in [0.15, 0.2) is 10.7 Å². The molecule has 1 heterocycles. The SMILES string of the molecule is N#Cc1c(C(F)F)cc(Cl)nc1Br. The fourth-order valence-corrected chi connectivity index (χ4v) is 1.60. The Morgan fingerprint density at radius 3 is 2.69 bits per heavy atom. The maximum atomic E-state index is 12.3. The Morgan fingerprint density at radius 2 is 2.23 bits per heavy atom. The molecule has 0 saturated heterocycles. The van der Waals surface area contributed by atoms with E-state index in [-0.39, 0.29) is 15.3 Å². The zero-order valence-electron chi connectivity index (χ0n) is 6.06. The minimum absolute atomic E-state index is 0.0396. The lowest BCUT2D eigenvalue weighted by Crippen LogP contribution is -1.94. The maximum absolute atomic E-state index is 12.3. The Bertz CT molecular complexity index is 375. The van der Waals surface area contributed by atoms with Gasteiger partial charge in [-0.1, -0.05) is 11.6 Å². The smallest absolute Gasteiger partial charge is 0.228 e. The van der Waals surface area contributed by atoms with E-state index in [0.717, 1.165) is 6.07 Å². The van der Waals surface area contributed by atoms with E-state index >= 15 is 0 Å². The van der Waals surface area contributed by atoms with Crippen molar-refractivity contribution in [3.63, 3.8) is 0 Å². The Balaban J connectivity index is 3.41. The number of pyridine rings is 1. The molecule has 0 saturated carbocycles. The summed E-state index contributed by atoms with van der Waals surface area (Å²) in [6, 6.07) is 2.61. The van der Waals surface area contributed by atoms with Crippen LogP contribution in [0.4, 0.5) is 8.78 Å². The summed E-state index contributed by atoms with van der Waals surface area (Å²) in [7, 11) is 0. The highest BCUT2D eigenvalue weighted by molar-refractivity contribution is 9.10. The molecule has 0 amide bonds. The number of alkyl halides is 2. The molecule has 13 heavy (non-hydrogen) atoms. The quantitative estimate of drug-likeness (QED) is 0.732. The van der Waals surface area contributed by atoms with Crippen LogP contribution in [0.2, 0.25) is 5.15 Å². The van der Waals surface area contributed by atoms with Crippen LogP contribution >= 0.6 is 27.5 Å². The van der Waals surface area contributed by atoms with E-state index in [4.69, 9.17) is 16.9 Å². The fourth-order valence-electron chi connectivity index (χ4n) is 0.784. The Hall–Kier alpha value is -0.730. The minimum atomic E-state index is -2.73. The molecular formula is C7H2BrClF2N2. The number of aromatic nitrogens is 1. The van der Waals surface area contributed by atoms with Gasteiger partial charge < -0.3 is 0 Å².